The molecule has 2 aromatic rings. The van der Waals surface area contributed by atoms with Crippen LogP contribution in [0.2, 0.25) is 0 Å². The molecule has 2 heterocycles. The summed E-state index contributed by atoms with van der Waals surface area (Å²) < 4.78 is 11.0. The van der Waals surface area contributed by atoms with E-state index in [1.165, 1.54) is 0 Å². The summed E-state index contributed by atoms with van der Waals surface area (Å²) in [5.41, 5.74) is 0.109. The van der Waals surface area contributed by atoms with Gasteiger partial charge in [0.2, 0.25) is 11.8 Å². The minimum absolute atomic E-state index is 0.0208. The van der Waals surface area contributed by atoms with Gasteiger partial charge in [-0.2, -0.15) is 4.98 Å². The summed E-state index contributed by atoms with van der Waals surface area (Å²) in [5, 5.41) is 7.05. The Morgan fingerprint density at radius 3 is 2.79 bits per heavy atom. The molecule has 1 fully saturated rings. The van der Waals surface area contributed by atoms with Gasteiger partial charge in [-0.25, -0.2) is 0 Å². The van der Waals surface area contributed by atoms with Crippen LogP contribution in [0.3, 0.4) is 0 Å². The zero-order valence-electron chi connectivity index (χ0n) is 14.5. The van der Waals surface area contributed by atoms with Crippen molar-refractivity contribution in [3.05, 3.63) is 41.5 Å². The Labute approximate surface area is 141 Å². The van der Waals surface area contributed by atoms with Crippen LogP contribution in [0.25, 0.3) is 0 Å². The minimum Gasteiger partial charge on any atom is -0.496 e. The average molecular weight is 329 g/mol. The molecule has 1 aromatic heterocycles. The molecule has 0 bridgehead atoms. The molecule has 1 amide bonds. The lowest BCUT2D eigenvalue weighted by atomic mass is 9.80. The molecule has 1 aliphatic rings. The fourth-order valence-corrected chi connectivity index (χ4v) is 3.17. The van der Waals surface area contributed by atoms with E-state index in [2.05, 4.69) is 15.5 Å². The maximum atomic E-state index is 11.7. The first-order valence-electron chi connectivity index (χ1n) is 8.12. The molecular formula is C18H23N3O3. The first kappa shape index (κ1) is 16.5. The van der Waals surface area contributed by atoms with Crippen molar-refractivity contribution in [3.63, 3.8) is 0 Å². The molecule has 0 radical (unpaired) electrons. The molecule has 6 heteroatoms. The van der Waals surface area contributed by atoms with E-state index < -0.39 is 10.8 Å². The van der Waals surface area contributed by atoms with Gasteiger partial charge >= 0.3 is 0 Å². The van der Waals surface area contributed by atoms with Gasteiger partial charge < -0.3 is 14.6 Å². The third-order valence-corrected chi connectivity index (χ3v) is 4.83. The second-order valence-electron chi connectivity index (χ2n) is 7.09. The van der Waals surface area contributed by atoms with Crippen LogP contribution in [0.15, 0.2) is 28.8 Å². The van der Waals surface area contributed by atoms with E-state index in [4.69, 9.17) is 9.26 Å². The second-order valence-corrected chi connectivity index (χ2v) is 7.09. The fraction of sp³-hybridized carbons (Fsp3) is 0.500. The molecule has 128 valence electrons. The number of ether oxygens (including phenoxy) is 1. The standard InChI is InChI=1S/C18H23N3O3/c1-17(2,12-7-5-6-8-13(12)23-4)15-20-16(24-21-15)18(3)9-10-19-14(22)11-18/h5-8H,9-11H2,1-4H3,(H,19,22)/t18-/m0/s1. The number of carbonyl (C=O) groups is 1. The van der Waals surface area contributed by atoms with E-state index in [0.29, 0.717) is 24.7 Å². The van der Waals surface area contributed by atoms with Crippen LogP contribution in [0, 0.1) is 0 Å². The van der Waals surface area contributed by atoms with Gasteiger partial charge in [-0.1, -0.05) is 30.3 Å². The first-order chi connectivity index (χ1) is 11.4. The highest BCUT2D eigenvalue weighted by Crippen LogP contribution is 2.38. The summed E-state index contributed by atoms with van der Waals surface area (Å²) in [5.74, 6) is 1.93. The molecule has 1 aromatic carbocycles. The SMILES string of the molecule is COc1ccccc1C(C)(C)c1noc([C@@]2(C)CCNC(=O)C2)n1. The number of piperidine rings is 1. The number of nitrogens with zero attached hydrogens (tertiary/aromatic N) is 2. The van der Waals surface area contributed by atoms with Crippen molar-refractivity contribution in [2.45, 2.75) is 44.4 Å². The van der Waals surface area contributed by atoms with Gasteiger partial charge in [0.05, 0.1) is 17.9 Å². The Morgan fingerprint density at radius 2 is 2.08 bits per heavy atom. The number of methoxy groups -OCH3 is 1. The van der Waals surface area contributed by atoms with Gasteiger partial charge in [-0.05, 0) is 26.3 Å². The van der Waals surface area contributed by atoms with Gasteiger partial charge in [0.1, 0.15) is 5.75 Å². The molecule has 0 saturated carbocycles. The molecule has 1 saturated heterocycles. The van der Waals surface area contributed by atoms with E-state index in [0.717, 1.165) is 17.7 Å². The van der Waals surface area contributed by atoms with Crippen molar-refractivity contribution < 1.29 is 14.1 Å². The number of hydrogen-bond acceptors (Lipinski definition) is 5. The molecule has 0 unspecified atom stereocenters. The van der Waals surface area contributed by atoms with Crippen molar-refractivity contribution >= 4 is 5.91 Å². The van der Waals surface area contributed by atoms with Crippen molar-refractivity contribution in [1.29, 1.82) is 0 Å². The van der Waals surface area contributed by atoms with E-state index in [1.54, 1.807) is 7.11 Å². The molecule has 1 N–H and O–H groups in total. The lowest BCUT2D eigenvalue weighted by Crippen LogP contribution is -2.42. The maximum Gasteiger partial charge on any atom is 0.233 e. The van der Waals surface area contributed by atoms with Crippen molar-refractivity contribution in [2.24, 2.45) is 0 Å². The zero-order chi connectivity index (χ0) is 17.4. The highest BCUT2D eigenvalue weighted by Gasteiger charge is 2.40. The van der Waals surface area contributed by atoms with E-state index in [-0.39, 0.29) is 5.91 Å². The Bertz CT molecular complexity index is 753. The zero-order valence-corrected chi connectivity index (χ0v) is 14.5. The van der Waals surface area contributed by atoms with Crippen LogP contribution in [-0.4, -0.2) is 29.7 Å². The van der Waals surface area contributed by atoms with Crippen molar-refractivity contribution in [1.82, 2.24) is 15.5 Å². The molecule has 0 spiro atoms. The molecule has 0 aliphatic carbocycles. The topological polar surface area (TPSA) is 77.3 Å². The van der Waals surface area contributed by atoms with Crippen LogP contribution >= 0.6 is 0 Å². The van der Waals surface area contributed by atoms with Crippen molar-refractivity contribution in [3.8, 4) is 5.75 Å². The third-order valence-electron chi connectivity index (χ3n) is 4.83. The summed E-state index contributed by atoms with van der Waals surface area (Å²) >= 11 is 0. The molecule has 24 heavy (non-hydrogen) atoms. The van der Waals surface area contributed by atoms with Crippen LogP contribution in [-0.2, 0) is 15.6 Å². The van der Waals surface area contributed by atoms with Gasteiger partial charge in [-0.3, -0.25) is 4.79 Å². The van der Waals surface area contributed by atoms with E-state index in [9.17, 15) is 4.79 Å². The molecule has 1 aliphatic heterocycles. The molecule has 3 rings (SSSR count). The second kappa shape index (κ2) is 5.92. The number of amides is 1. The smallest absolute Gasteiger partial charge is 0.233 e. The van der Waals surface area contributed by atoms with Crippen LogP contribution in [0.1, 0.15) is 50.9 Å². The Kier molecular flexibility index (Phi) is 4.07. The number of hydrogen-bond donors (Lipinski definition) is 1. The average Bonchev–Trinajstić information content (AvgIpc) is 3.06. The Balaban J connectivity index is 1.96. The summed E-state index contributed by atoms with van der Waals surface area (Å²) in [6.45, 7) is 6.70. The van der Waals surface area contributed by atoms with Gasteiger partial charge in [-0.15, -0.1) is 0 Å². The highest BCUT2D eigenvalue weighted by atomic mass is 16.5. The predicted octanol–water partition coefficient (Wildman–Crippen LogP) is 2.57. The number of para-hydroxylation sites is 1. The summed E-state index contributed by atoms with van der Waals surface area (Å²) in [4.78, 5) is 16.4. The van der Waals surface area contributed by atoms with Crippen LogP contribution < -0.4 is 10.1 Å². The third kappa shape index (κ3) is 2.77. The predicted molar refractivity (Wildman–Crippen MR) is 89.0 cm³/mol. The van der Waals surface area contributed by atoms with E-state index in [1.807, 2.05) is 45.0 Å². The van der Waals surface area contributed by atoms with Gasteiger partial charge in [0.25, 0.3) is 0 Å². The first-order valence-corrected chi connectivity index (χ1v) is 8.12. The number of carbonyl (C=O) groups excluding carboxylic acids is 1. The fourth-order valence-electron chi connectivity index (χ4n) is 3.17. The lowest BCUT2D eigenvalue weighted by molar-refractivity contribution is -0.124. The normalized spacial score (nSPS) is 21.4. The molecular weight excluding hydrogens is 306 g/mol. The molecule has 1 atom stereocenters. The maximum absolute atomic E-state index is 11.7. The summed E-state index contributed by atoms with van der Waals surface area (Å²) in [7, 11) is 1.65. The molecule has 6 nitrogen and oxygen atoms in total. The van der Waals surface area contributed by atoms with Gasteiger partial charge in [0.15, 0.2) is 5.82 Å². The quantitative estimate of drug-likeness (QED) is 0.933. The number of nitrogens with one attached hydrogen (secondary N) is 1. The highest BCUT2D eigenvalue weighted by molar-refractivity contribution is 5.78. The summed E-state index contributed by atoms with van der Waals surface area (Å²) in [6.07, 6.45) is 1.15. The minimum atomic E-state index is -0.471. The largest absolute Gasteiger partial charge is 0.496 e. The Hall–Kier alpha value is -2.37. The number of aromatic nitrogens is 2. The van der Waals surface area contributed by atoms with Gasteiger partial charge in [0, 0.05) is 18.5 Å². The lowest BCUT2D eigenvalue weighted by Gasteiger charge is -2.29. The van der Waals surface area contributed by atoms with Crippen LogP contribution in [0.4, 0.5) is 0 Å². The summed E-state index contributed by atoms with van der Waals surface area (Å²) in [6, 6.07) is 7.82. The Morgan fingerprint density at radius 1 is 1.33 bits per heavy atom. The van der Waals surface area contributed by atoms with E-state index >= 15 is 0 Å². The number of benzene rings is 1. The van der Waals surface area contributed by atoms with Crippen LogP contribution in [0.5, 0.6) is 5.75 Å². The number of rotatable bonds is 4. The monoisotopic (exact) mass is 329 g/mol. The van der Waals surface area contributed by atoms with Crippen molar-refractivity contribution in [2.75, 3.05) is 13.7 Å².